The molecule has 0 amide bonds. The number of imidazole rings is 1. The second kappa shape index (κ2) is 10.8. The van der Waals surface area contributed by atoms with Gasteiger partial charge < -0.3 is 24.7 Å². The molecule has 7 nitrogen and oxygen atoms in total. The Bertz CT molecular complexity index is 1060. The summed E-state index contributed by atoms with van der Waals surface area (Å²) in [5, 5.41) is 19.8. The van der Waals surface area contributed by atoms with Crippen LogP contribution in [0.5, 0.6) is 6.01 Å². The highest BCUT2D eigenvalue weighted by Gasteiger charge is 2.31. The highest BCUT2D eigenvalue weighted by molar-refractivity contribution is 6.33. The molecule has 2 aromatic heterocycles. The molecule has 1 aromatic carbocycles. The number of aromatic amines is 1. The molecule has 3 aromatic rings. The Kier molecular flexibility index (Phi) is 7.86. The van der Waals surface area contributed by atoms with Crippen molar-refractivity contribution in [3.8, 4) is 17.3 Å². The van der Waals surface area contributed by atoms with E-state index < -0.39 is 12.2 Å². The fourth-order valence-electron chi connectivity index (χ4n) is 4.26. The van der Waals surface area contributed by atoms with Crippen LogP contribution < -0.4 is 4.74 Å². The number of halogens is 1. The minimum absolute atomic E-state index is 0.220. The third-order valence-corrected chi connectivity index (χ3v) is 6.44. The van der Waals surface area contributed by atoms with Gasteiger partial charge in [0.2, 0.25) is 0 Å². The van der Waals surface area contributed by atoms with Gasteiger partial charge in [-0.05, 0) is 24.0 Å². The molecule has 8 heteroatoms. The number of aromatic nitrogens is 3. The Hall–Kier alpha value is -2.19. The third kappa shape index (κ3) is 5.84. The van der Waals surface area contributed by atoms with E-state index in [1.54, 1.807) is 6.07 Å². The molecular weight excluding hydrogens is 442 g/mol. The Labute approximate surface area is 199 Å². The molecule has 178 valence electrons. The summed E-state index contributed by atoms with van der Waals surface area (Å²) in [6.45, 7) is 4.58. The normalized spacial score (nSPS) is 21.9. The summed E-state index contributed by atoms with van der Waals surface area (Å²) in [4.78, 5) is 12.2. The highest BCUT2D eigenvalue weighted by Crippen LogP contribution is 2.30. The summed E-state index contributed by atoms with van der Waals surface area (Å²) in [5.41, 5.74) is 4.11. The summed E-state index contributed by atoms with van der Waals surface area (Å²) in [5.74, 6) is 0.668. The number of ether oxygens (including phenoxy) is 2. The largest absolute Gasteiger partial charge is 0.459 e. The molecule has 1 unspecified atom stereocenters. The number of rotatable bonds is 9. The van der Waals surface area contributed by atoms with Crippen LogP contribution in [0.3, 0.4) is 0 Å². The van der Waals surface area contributed by atoms with Gasteiger partial charge in [-0.15, -0.1) is 0 Å². The molecule has 1 aliphatic rings. The molecular formula is C25H32ClN3O4. The topological polar surface area (TPSA) is 100 Å². The number of aliphatic hydroxyl groups excluding tert-OH is 2. The van der Waals surface area contributed by atoms with Gasteiger partial charge in [0, 0.05) is 12.0 Å². The number of hydrogen-bond donors (Lipinski definition) is 3. The summed E-state index contributed by atoms with van der Waals surface area (Å²) >= 11 is 6.54. The number of fused-ring (bicyclic) bond motifs is 1. The van der Waals surface area contributed by atoms with Crippen molar-refractivity contribution in [1.82, 2.24) is 15.0 Å². The zero-order valence-electron chi connectivity index (χ0n) is 19.1. The number of nitrogens with one attached hydrogen (secondary N) is 1. The Morgan fingerprint density at radius 1 is 1.27 bits per heavy atom. The van der Waals surface area contributed by atoms with Crippen molar-refractivity contribution in [2.75, 3.05) is 13.2 Å². The molecule has 1 aliphatic heterocycles. The van der Waals surface area contributed by atoms with Gasteiger partial charge in [-0.1, -0.05) is 69.0 Å². The van der Waals surface area contributed by atoms with Gasteiger partial charge in [-0.25, -0.2) is 4.98 Å². The van der Waals surface area contributed by atoms with Crippen LogP contribution >= 0.6 is 11.6 Å². The molecule has 0 saturated carbocycles. The third-order valence-electron chi connectivity index (χ3n) is 6.15. The minimum atomic E-state index is -0.782. The van der Waals surface area contributed by atoms with Crippen LogP contribution in [-0.2, 0) is 11.2 Å². The highest BCUT2D eigenvalue weighted by atomic mass is 35.5. The van der Waals surface area contributed by atoms with E-state index >= 15 is 0 Å². The average molecular weight is 474 g/mol. The Balaban J connectivity index is 1.46. The predicted molar refractivity (Wildman–Crippen MR) is 129 cm³/mol. The van der Waals surface area contributed by atoms with E-state index in [1.165, 1.54) is 24.8 Å². The lowest BCUT2D eigenvalue weighted by molar-refractivity contribution is -0.131. The zero-order chi connectivity index (χ0) is 23.4. The van der Waals surface area contributed by atoms with E-state index in [1.807, 2.05) is 0 Å². The summed E-state index contributed by atoms with van der Waals surface area (Å²) in [6.07, 6.45) is 3.45. The zero-order valence-corrected chi connectivity index (χ0v) is 19.9. The molecule has 4 atom stereocenters. The van der Waals surface area contributed by atoms with E-state index in [9.17, 15) is 10.2 Å². The monoisotopic (exact) mass is 473 g/mol. The van der Waals surface area contributed by atoms with Crippen LogP contribution in [0.1, 0.15) is 45.1 Å². The smallest absolute Gasteiger partial charge is 0.296 e. The van der Waals surface area contributed by atoms with Gasteiger partial charge in [-0.3, -0.25) is 0 Å². The van der Waals surface area contributed by atoms with Gasteiger partial charge in [0.15, 0.2) is 5.65 Å². The van der Waals surface area contributed by atoms with Crippen LogP contribution in [0.2, 0.25) is 5.02 Å². The maximum absolute atomic E-state index is 10.0. The van der Waals surface area contributed by atoms with Gasteiger partial charge >= 0.3 is 0 Å². The number of aliphatic hydroxyl groups is 2. The van der Waals surface area contributed by atoms with Crippen LogP contribution in [0.4, 0.5) is 0 Å². The summed E-state index contributed by atoms with van der Waals surface area (Å²) < 4.78 is 11.3. The molecule has 0 bridgehead atoms. The molecule has 4 rings (SSSR count). The summed E-state index contributed by atoms with van der Waals surface area (Å²) in [7, 11) is 0. The van der Waals surface area contributed by atoms with Crippen LogP contribution in [0.25, 0.3) is 22.4 Å². The summed E-state index contributed by atoms with van der Waals surface area (Å²) in [6, 6.07) is 10.5. The number of hydrogen-bond acceptors (Lipinski definition) is 6. The first kappa shape index (κ1) is 24.0. The van der Waals surface area contributed by atoms with Crippen LogP contribution in [0, 0.1) is 5.92 Å². The number of pyridine rings is 1. The number of unbranched alkanes of at least 4 members (excludes halogenated alkanes) is 1. The van der Waals surface area contributed by atoms with Crippen molar-refractivity contribution in [2.24, 2.45) is 5.92 Å². The van der Waals surface area contributed by atoms with E-state index in [0.717, 1.165) is 12.0 Å². The van der Waals surface area contributed by atoms with Crippen molar-refractivity contribution in [3.63, 3.8) is 0 Å². The maximum Gasteiger partial charge on any atom is 0.296 e. The number of nitrogens with zero attached hydrogens (tertiary/aromatic N) is 2. The fraction of sp³-hybridized carbons (Fsp3) is 0.520. The molecule has 0 radical (unpaired) electrons. The minimum Gasteiger partial charge on any atom is -0.459 e. The average Bonchev–Trinajstić information content (AvgIpc) is 3.18. The van der Waals surface area contributed by atoms with Crippen molar-refractivity contribution in [3.05, 3.63) is 40.9 Å². The van der Waals surface area contributed by atoms with Gasteiger partial charge in [-0.2, -0.15) is 4.98 Å². The Morgan fingerprint density at radius 2 is 2.06 bits per heavy atom. The van der Waals surface area contributed by atoms with Crippen molar-refractivity contribution in [2.45, 2.75) is 64.3 Å². The molecule has 3 heterocycles. The second-order valence-corrected chi connectivity index (χ2v) is 9.38. The fourth-order valence-corrected chi connectivity index (χ4v) is 4.52. The van der Waals surface area contributed by atoms with E-state index in [0.29, 0.717) is 40.2 Å². The predicted octanol–water partition coefficient (Wildman–Crippen LogP) is 4.54. The van der Waals surface area contributed by atoms with E-state index in [-0.39, 0.29) is 19.3 Å². The van der Waals surface area contributed by atoms with Gasteiger partial charge in [0.25, 0.3) is 6.01 Å². The maximum atomic E-state index is 10.0. The van der Waals surface area contributed by atoms with Gasteiger partial charge in [0.05, 0.1) is 35.6 Å². The van der Waals surface area contributed by atoms with E-state index in [2.05, 4.69) is 53.1 Å². The second-order valence-electron chi connectivity index (χ2n) is 8.98. The SMILES string of the molecule is CCCCC(C)Cc1ccc(-c2nc3nc(O[C@H]4CO[C@H](CO)[C@@H](O)C4)[nH]c3cc2Cl)cc1. The number of benzene rings is 1. The Morgan fingerprint density at radius 3 is 2.76 bits per heavy atom. The lowest BCUT2D eigenvalue weighted by Crippen LogP contribution is -2.45. The molecule has 0 aliphatic carbocycles. The van der Waals surface area contributed by atoms with Crippen molar-refractivity contribution >= 4 is 22.8 Å². The quantitative estimate of drug-likeness (QED) is 0.422. The molecule has 0 spiro atoms. The standard InChI is InChI=1S/C25H32ClN3O4/c1-3-4-5-15(2)10-16-6-8-17(9-7-16)23-19(26)12-20-24(28-23)29-25(27-20)33-18-11-21(31)22(13-30)32-14-18/h6-9,12,15,18,21-22,30-31H,3-5,10-11,13-14H2,1-2H3,(H,27,28,29)/t15?,18-,21+,22-/m1/s1. The first-order valence-corrected chi connectivity index (χ1v) is 12.1. The first-order chi connectivity index (χ1) is 16.0. The number of H-pyrrole nitrogens is 1. The molecule has 1 saturated heterocycles. The first-order valence-electron chi connectivity index (χ1n) is 11.7. The van der Waals surface area contributed by atoms with Crippen LogP contribution in [-0.4, -0.2) is 56.7 Å². The van der Waals surface area contributed by atoms with Crippen LogP contribution in [0.15, 0.2) is 30.3 Å². The molecule has 1 fully saturated rings. The molecule has 33 heavy (non-hydrogen) atoms. The van der Waals surface area contributed by atoms with Crippen molar-refractivity contribution < 1.29 is 19.7 Å². The lowest BCUT2D eigenvalue weighted by Gasteiger charge is -2.31. The lowest BCUT2D eigenvalue weighted by atomic mass is 9.95. The van der Waals surface area contributed by atoms with Crippen molar-refractivity contribution in [1.29, 1.82) is 0 Å². The van der Waals surface area contributed by atoms with E-state index in [4.69, 9.17) is 21.1 Å². The molecule has 3 N–H and O–H groups in total. The van der Waals surface area contributed by atoms with Gasteiger partial charge in [0.1, 0.15) is 12.2 Å².